The second-order valence-corrected chi connectivity index (χ2v) is 5.61. The number of hydrogen-bond acceptors (Lipinski definition) is 4. The molecule has 0 spiro atoms. The van der Waals surface area contributed by atoms with E-state index in [4.69, 9.17) is 16.7 Å². The smallest absolute Gasteiger partial charge is 0.287 e. The number of anilines is 1. The van der Waals surface area contributed by atoms with Gasteiger partial charge in [-0.15, -0.1) is 0 Å². The zero-order chi connectivity index (χ0) is 14.5. The summed E-state index contributed by atoms with van der Waals surface area (Å²) in [7, 11) is 0. The lowest BCUT2D eigenvalue weighted by atomic mass is 10.0. The molecule has 0 bridgehead atoms. The van der Waals surface area contributed by atoms with Crippen molar-refractivity contribution in [2.45, 2.75) is 52.1 Å². The molecular formula is C13H22ClN3O2. The van der Waals surface area contributed by atoms with Gasteiger partial charge in [-0.25, -0.2) is 4.68 Å². The molecule has 0 saturated heterocycles. The molecule has 0 aliphatic heterocycles. The van der Waals surface area contributed by atoms with Crippen molar-refractivity contribution >= 4 is 17.3 Å². The summed E-state index contributed by atoms with van der Waals surface area (Å²) in [5.41, 5.74) is -0.111. The van der Waals surface area contributed by atoms with E-state index in [9.17, 15) is 4.79 Å². The fourth-order valence-electron chi connectivity index (χ4n) is 1.73. The lowest BCUT2D eigenvalue weighted by Gasteiger charge is -2.27. The Balaban J connectivity index is 2.93. The molecule has 0 fully saturated rings. The average Bonchev–Trinajstić information content (AvgIpc) is 2.34. The summed E-state index contributed by atoms with van der Waals surface area (Å²) in [5, 5.41) is 16.4. The van der Waals surface area contributed by atoms with Crippen LogP contribution in [0.2, 0.25) is 5.02 Å². The van der Waals surface area contributed by atoms with Gasteiger partial charge in [0.15, 0.2) is 0 Å². The highest BCUT2D eigenvalue weighted by Gasteiger charge is 2.19. The van der Waals surface area contributed by atoms with Crippen LogP contribution in [0.1, 0.15) is 40.0 Å². The van der Waals surface area contributed by atoms with Crippen LogP contribution in [0.3, 0.4) is 0 Å². The first-order valence-electron chi connectivity index (χ1n) is 6.56. The number of nitrogens with one attached hydrogen (secondary N) is 1. The van der Waals surface area contributed by atoms with Crippen LogP contribution in [0.15, 0.2) is 11.0 Å². The summed E-state index contributed by atoms with van der Waals surface area (Å²) >= 11 is 6.09. The SMILES string of the molecule is CCCCn1ncc(NC(C)(C)CCO)c(Cl)c1=O. The number of hydrogen-bond donors (Lipinski definition) is 2. The standard InChI is InChI=1S/C13H22ClN3O2/c1-4-5-7-17-12(19)11(14)10(9-15-17)16-13(2,3)6-8-18/h9,16,18H,4-8H2,1-3H3. The molecule has 0 saturated carbocycles. The summed E-state index contributed by atoms with van der Waals surface area (Å²) in [6.45, 7) is 6.57. The minimum Gasteiger partial charge on any atom is -0.396 e. The van der Waals surface area contributed by atoms with Crippen LogP contribution >= 0.6 is 11.6 Å². The Labute approximate surface area is 118 Å². The molecule has 1 rings (SSSR count). The predicted octanol–water partition coefficient (Wildman–Crippen LogP) is 2.27. The molecule has 0 atom stereocenters. The second kappa shape index (κ2) is 6.91. The van der Waals surface area contributed by atoms with E-state index < -0.39 is 0 Å². The number of unbranched alkanes of at least 4 members (excludes halogenated alkanes) is 1. The maximum atomic E-state index is 12.0. The van der Waals surface area contributed by atoms with Crippen LogP contribution in [0, 0.1) is 0 Å². The molecule has 0 unspecified atom stereocenters. The summed E-state index contributed by atoms with van der Waals surface area (Å²) in [6, 6.07) is 0. The molecule has 6 heteroatoms. The van der Waals surface area contributed by atoms with Crippen molar-refractivity contribution in [2.75, 3.05) is 11.9 Å². The minimum atomic E-state index is -0.345. The molecule has 19 heavy (non-hydrogen) atoms. The van der Waals surface area contributed by atoms with Crippen LogP contribution in [-0.4, -0.2) is 27.0 Å². The molecule has 1 heterocycles. The van der Waals surface area contributed by atoms with Gasteiger partial charge in [-0.05, 0) is 26.7 Å². The van der Waals surface area contributed by atoms with Crippen molar-refractivity contribution in [3.05, 3.63) is 21.6 Å². The molecule has 0 amide bonds. The highest BCUT2D eigenvalue weighted by atomic mass is 35.5. The van der Waals surface area contributed by atoms with Crippen LogP contribution in [-0.2, 0) is 6.54 Å². The summed E-state index contributed by atoms with van der Waals surface area (Å²) in [5.74, 6) is 0. The van der Waals surface area contributed by atoms with Gasteiger partial charge in [0.25, 0.3) is 5.56 Å². The van der Waals surface area contributed by atoms with Crippen LogP contribution < -0.4 is 10.9 Å². The first-order valence-corrected chi connectivity index (χ1v) is 6.93. The monoisotopic (exact) mass is 287 g/mol. The van der Waals surface area contributed by atoms with Crippen LogP contribution in [0.4, 0.5) is 5.69 Å². The van der Waals surface area contributed by atoms with Gasteiger partial charge in [-0.2, -0.15) is 5.10 Å². The van der Waals surface area contributed by atoms with Crippen molar-refractivity contribution in [3.63, 3.8) is 0 Å². The van der Waals surface area contributed by atoms with E-state index in [-0.39, 0.29) is 22.7 Å². The van der Waals surface area contributed by atoms with Gasteiger partial charge >= 0.3 is 0 Å². The fourth-order valence-corrected chi connectivity index (χ4v) is 1.92. The Hall–Kier alpha value is -1.07. The van der Waals surface area contributed by atoms with E-state index in [1.54, 1.807) is 6.20 Å². The number of nitrogens with zero attached hydrogens (tertiary/aromatic N) is 2. The van der Waals surface area contributed by atoms with Gasteiger partial charge in [0.05, 0.1) is 11.9 Å². The van der Waals surface area contributed by atoms with Crippen molar-refractivity contribution in [1.82, 2.24) is 9.78 Å². The third-order valence-electron chi connectivity index (χ3n) is 2.92. The van der Waals surface area contributed by atoms with Crippen molar-refractivity contribution in [2.24, 2.45) is 0 Å². The van der Waals surface area contributed by atoms with E-state index >= 15 is 0 Å². The zero-order valence-electron chi connectivity index (χ0n) is 11.7. The first kappa shape index (κ1) is 16.0. The lowest BCUT2D eigenvalue weighted by molar-refractivity contribution is 0.261. The second-order valence-electron chi connectivity index (χ2n) is 5.24. The Morgan fingerprint density at radius 3 is 2.79 bits per heavy atom. The topological polar surface area (TPSA) is 67.2 Å². The normalized spacial score (nSPS) is 11.6. The maximum Gasteiger partial charge on any atom is 0.287 e. The average molecular weight is 288 g/mol. The van der Waals surface area contributed by atoms with E-state index in [0.717, 1.165) is 12.8 Å². The van der Waals surface area contributed by atoms with Crippen molar-refractivity contribution < 1.29 is 5.11 Å². The third-order valence-corrected chi connectivity index (χ3v) is 3.28. The Morgan fingerprint density at radius 2 is 2.21 bits per heavy atom. The third kappa shape index (κ3) is 4.51. The zero-order valence-corrected chi connectivity index (χ0v) is 12.5. The van der Waals surface area contributed by atoms with Gasteiger partial charge in [0.1, 0.15) is 5.02 Å². The molecular weight excluding hydrogens is 266 g/mol. The van der Waals surface area contributed by atoms with E-state index in [1.165, 1.54) is 4.68 Å². The fraction of sp³-hybridized carbons (Fsp3) is 0.692. The Morgan fingerprint density at radius 1 is 1.53 bits per heavy atom. The highest BCUT2D eigenvalue weighted by Crippen LogP contribution is 2.22. The number of aromatic nitrogens is 2. The summed E-state index contributed by atoms with van der Waals surface area (Å²) in [6.07, 6.45) is 4.02. The predicted molar refractivity (Wildman–Crippen MR) is 77.8 cm³/mol. The van der Waals surface area contributed by atoms with Crippen molar-refractivity contribution in [3.8, 4) is 0 Å². The Bertz CT molecular complexity index is 471. The molecule has 0 aliphatic carbocycles. The van der Waals surface area contributed by atoms with Crippen LogP contribution in [0.25, 0.3) is 0 Å². The largest absolute Gasteiger partial charge is 0.396 e. The number of aliphatic hydroxyl groups excluding tert-OH is 1. The molecule has 108 valence electrons. The van der Waals surface area contributed by atoms with E-state index in [1.807, 2.05) is 13.8 Å². The molecule has 5 nitrogen and oxygen atoms in total. The molecule has 0 aromatic carbocycles. The van der Waals surface area contributed by atoms with E-state index in [0.29, 0.717) is 18.7 Å². The Kier molecular flexibility index (Phi) is 5.82. The number of aryl methyl sites for hydroxylation is 1. The van der Waals surface area contributed by atoms with Gasteiger partial charge in [0, 0.05) is 18.7 Å². The number of halogens is 1. The van der Waals surface area contributed by atoms with Gasteiger partial charge in [0.2, 0.25) is 0 Å². The van der Waals surface area contributed by atoms with Gasteiger partial charge in [-0.3, -0.25) is 4.79 Å². The molecule has 0 aliphatic rings. The highest BCUT2D eigenvalue weighted by molar-refractivity contribution is 6.32. The summed E-state index contributed by atoms with van der Waals surface area (Å²) in [4.78, 5) is 12.0. The molecule has 1 aromatic heterocycles. The van der Waals surface area contributed by atoms with Crippen LogP contribution in [0.5, 0.6) is 0 Å². The first-order chi connectivity index (χ1) is 8.91. The minimum absolute atomic E-state index is 0.0681. The quantitative estimate of drug-likeness (QED) is 0.807. The van der Waals surface area contributed by atoms with Gasteiger partial charge in [-0.1, -0.05) is 24.9 Å². The molecule has 2 N–H and O–H groups in total. The maximum absolute atomic E-state index is 12.0. The number of rotatable bonds is 7. The van der Waals surface area contributed by atoms with Crippen molar-refractivity contribution in [1.29, 1.82) is 0 Å². The molecule has 0 radical (unpaired) electrons. The van der Waals surface area contributed by atoms with Gasteiger partial charge < -0.3 is 10.4 Å². The van der Waals surface area contributed by atoms with E-state index in [2.05, 4.69) is 17.3 Å². The lowest BCUT2D eigenvalue weighted by Crippen LogP contribution is -2.34. The molecule has 1 aromatic rings. The number of aliphatic hydroxyl groups is 1. The summed E-state index contributed by atoms with van der Waals surface area (Å²) < 4.78 is 1.38.